The van der Waals surface area contributed by atoms with Crippen LogP contribution in [0.4, 0.5) is 0 Å². The van der Waals surface area contributed by atoms with Gasteiger partial charge in [-0.2, -0.15) is 0 Å². The second kappa shape index (κ2) is 6.77. The molecule has 2 N–H and O–H groups in total. The van der Waals surface area contributed by atoms with E-state index in [4.69, 9.17) is 17.3 Å². The molecule has 0 fully saturated rings. The van der Waals surface area contributed by atoms with E-state index in [9.17, 15) is 4.79 Å². The van der Waals surface area contributed by atoms with Gasteiger partial charge in [-0.05, 0) is 30.5 Å². The summed E-state index contributed by atoms with van der Waals surface area (Å²) in [6.07, 6.45) is 3.16. The molecular weight excluding hydrogens is 234 g/mol. The summed E-state index contributed by atoms with van der Waals surface area (Å²) in [7, 11) is 0. The van der Waals surface area contributed by atoms with Gasteiger partial charge in [-0.15, -0.1) is 0 Å². The minimum atomic E-state index is -0.354. The number of hydrogen-bond donors (Lipinski definition) is 1. The molecule has 1 aromatic carbocycles. The molecule has 0 amide bonds. The molecule has 1 aromatic rings. The summed E-state index contributed by atoms with van der Waals surface area (Å²) in [4.78, 5) is 11.9. The summed E-state index contributed by atoms with van der Waals surface area (Å²) in [6.45, 7) is 4.07. The molecule has 0 radical (unpaired) electrons. The van der Waals surface area contributed by atoms with Gasteiger partial charge in [-0.3, -0.25) is 4.79 Å². The van der Waals surface area contributed by atoms with Crippen molar-refractivity contribution >= 4 is 17.4 Å². The molecule has 0 aliphatic carbocycles. The number of carbonyl (C=O) groups excluding carboxylic acids is 1. The number of rotatable bonds is 6. The van der Waals surface area contributed by atoms with Gasteiger partial charge in [0.25, 0.3) is 0 Å². The van der Waals surface area contributed by atoms with Crippen LogP contribution in [0.3, 0.4) is 0 Å². The van der Waals surface area contributed by atoms with Crippen LogP contribution in [-0.2, 0) is 11.2 Å². The third-order valence-electron chi connectivity index (χ3n) is 2.86. The molecule has 0 aromatic heterocycles. The number of nitrogens with two attached hydrogens (primary N) is 1. The Kier molecular flexibility index (Phi) is 5.66. The molecule has 0 spiro atoms. The number of Topliss-reactive ketones (excluding diaryl/α,β-unsaturated/α-hetero) is 1. The van der Waals surface area contributed by atoms with Crippen molar-refractivity contribution in [2.75, 3.05) is 0 Å². The molecule has 0 saturated heterocycles. The van der Waals surface area contributed by atoms with E-state index in [1.165, 1.54) is 0 Å². The molecule has 17 heavy (non-hydrogen) atoms. The molecule has 1 unspecified atom stereocenters. The standard InChI is InChI=1S/C14H20ClNO/c1-3-4-5-13(16)14(17)9-11-7-6-10(2)8-12(11)15/h6-8,13H,3-5,9,16H2,1-2H3. The van der Waals surface area contributed by atoms with Crippen LogP contribution in [0.5, 0.6) is 0 Å². The first-order valence-electron chi connectivity index (χ1n) is 6.08. The lowest BCUT2D eigenvalue weighted by atomic mass is 10.00. The largest absolute Gasteiger partial charge is 0.321 e. The maximum atomic E-state index is 11.9. The summed E-state index contributed by atoms with van der Waals surface area (Å²) in [6, 6.07) is 5.39. The van der Waals surface area contributed by atoms with Crippen LogP contribution in [0.15, 0.2) is 18.2 Å². The van der Waals surface area contributed by atoms with Crippen molar-refractivity contribution in [3.63, 3.8) is 0 Å². The van der Waals surface area contributed by atoms with Crippen molar-refractivity contribution in [2.24, 2.45) is 5.73 Å². The van der Waals surface area contributed by atoms with Gasteiger partial charge >= 0.3 is 0 Å². The average Bonchev–Trinajstić information content (AvgIpc) is 2.29. The highest BCUT2D eigenvalue weighted by atomic mass is 35.5. The maximum absolute atomic E-state index is 11.9. The molecule has 1 rings (SSSR count). The monoisotopic (exact) mass is 253 g/mol. The third-order valence-corrected chi connectivity index (χ3v) is 3.21. The van der Waals surface area contributed by atoms with Crippen molar-refractivity contribution in [3.8, 4) is 0 Å². The molecule has 0 aliphatic heterocycles. The Hall–Kier alpha value is -0.860. The molecular formula is C14H20ClNO. The van der Waals surface area contributed by atoms with Crippen molar-refractivity contribution in [1.82, 2.24) is 0 Å². The van der Waals surface area contributed by atoms with E-state index in [0.29, 0.717) is 11.4 Å². The minimum Gasteiger partial charge on any atom is -0.321 e. The topological polar surface area (TPSA) is 43.1 Å². The molecule has 0 aliphatic rings. The van der Waals surface area contributed by atoms with Gasteiger partial charge in [-0.1, -0.05) is 43.5 Å². The molecule has 3 heteroatoms. The zero-order chi connectivity index (χ0) is 12.8. The van der Waals surface area contributed by atoms with E-state index in [1.54, 1.807) is 0 Å². The number of benzene rings is 1. The Bertz CT molecular complexity index is 390. The smallest absolute Gasteiger partial charge is 0.153 e. The van der Waals surface area contributed by atoms with Crippen molar-refractivity contribution in [1.29, 1.82) is 0 Å². The molecule has 2 nitrogen and oxygen atoms in total. The Labute approximate surface area is 108 Å². The Morgan fingerprint density at radius 2 is 2.18 bits per heavy atom. The highest BCUT2D eigenvalue weighted by Gasteiger charge is 2.14. The fourth-order valence-electron chi connectivity index (χ4n) is 1.70. The SMILES string of the molecule is CCCCC(N)C(=O)Cc1ccc(C)cc1Cl. The Balaban J connectivity index is 2.61. The van der Waals surface area contributed by atoms with Crippen LogP contribution in [0, 0.1) is 6.92 Å². The number of carbonyl (C=O) groups is 1. The average molecular weight is 254 g/mol. The lowest BCUT2D eigenvalue weighted by Gasteiger charge is -2.11. The van der Waals surface area contributed by atoms with Gasteiger partial charge in [0.15, 0.2) is 5.78 Å². The maximum Gasteiger partial charge on any atom is 0.153 e. The van der Waals surface area contributed by atoms with E-state index in [-0.39, 0.29) is 11.8 Å². The number of unbranched alkanes of at least 4 members (excludes halogenated alkanes) is 1. The number of ketones is 1. The summed E-state index contributed by atoms with van der Waals surface area (Å²) in [5.41, 5.74) is 7.81. The predicted octanol–water partition coefficient (Wildman–Crippen LogP) is 3.28. The predicted molar refractivity (Wildman–Crippen MR) is 72.4 cm³/mol. The molecule has 0 saturated carbocycles. The normalized spacial score (nSPS) is 12.5. The zero-order valence-electron chi connectivity index (χ0n) is 10.5. The quantitative estimate of drug-likeness (QED) is 0.846. The highest BCUT2D eigenvalue weighted by Crippen LogP contribution is 2.19. The first-order valence-corrected chi connectivity index (χ1v) is 6.45. The van der Waals surface area contributed by atoms with Crippen molar-refractivity contribution < 1.29 is 4.79 Å². The number of halogens is 1. The molecule has 94 valence electrons. The highest BCUT2D eigenvalue weighted by molar-refractivity contribution is 6.31. The van der Waals surface area contributed by atoms with Crippen LogP contribution < -0.4 is 5.73 Å². The van der Waals surface area contributed by atoms with Gasteiger partial charge in [0.05, 0.1) is 6.04 Å². The fraction of sp³-hybridized carbons (Fsp3) is 0.500. The first-order chi connectivity index (χ1) is 8.04. The Morgan fingerprint density at radius 3 is 2.76 bits per heavy atom. The fourth-order valence-corrected chi connectivity index (χ4v) is 2.00. The molecule has 0 bridgehead atoms. The second-order valence-electron chi connectivity index (χ2n) is 4.49. The lowest BCUT2D eigenvalue weighted by Crippen LogP contribution is -2.31. The summed E-state index contributed by atoms with van der Waals surface area (Å²) >= 11 is 6.09. The van der Waals surface area contributed by atoms with Crippen LogP contribution in [0.25, 0.3) is 0 Å². The van der Waals surface area contributed by atoms with E-state index in [0.717, 1.165) is 30.4 Å². The van der Waals surface area contributed by atoms with Gasteiger partial charge in [0.1, 0.15) is 0 Å². The minimum absolute atomic E-state index is 0.0733. The molecule has 1 atom stereocenters. The van der Waals surface area contributed by atoms with Gasteiger partial charge in [0, 0.05) is 11.4 Å². The van der Waals surface area contributed by atoms with E-state index < -0.39 is 0 Å². The van der Waals surface area contributed by atoms with E-state index in [1.807, 2.05) is 25.1 Å². The van der Waals surface area contributed by atoms with Crippen LogP contribution in [0.2, 0.25) is 5.02 Å². The number of aryl methyl sites for hydroxylation is 1. The van der Waals surface area contributed by atoms with Gasteiger partial charge in [-0.25, -0.2) is 0 Å². The summed E-state index contributed by atoms with van der Waals surface area (Å²) in [5.74, 6) is 0.0733. The second-order valence-corrected chi connectivity index (χ2v) is 4.89. The van der Waals surface area contributed by atoms with E-state index in [2.05, 4.69) is 6.92 Å². The van der Waals surface area contributed by atoms with Crippen molar-refractivity contribution in [2.45, 2.75) is 45.6 Å². The summed E-state index contributed by atoms with van der Waals surface area (Å²) in [5, 5.41) is 0.654. The van der Waals surface area contributed by atoms with Gasteiger partial charge in [0.2, 0.25) is 0 Å². The molecule has 0 heterocycles. The van der Waals surface area contributed by atoms with E-state index >= 15 is 0 Å². The van der Waals surface area contributed by atoms with Crippen LogP contribution >= 0.6 is 11.6 Å². The van der Waals surface area contributed by atoms with Gasteiger partial charge < -0.3 is 5.73 Å². The van der Waals surface area contributed by atoms with Crippen molar-refractivity contribution in [3.05, 3.63) is 34.3 Å². The number of hydrogen-bond acceptors (Lipinski definition) is 2. The lowest BCUT2D eigenvalue weighted by molar-refractivity contribution is -0.119. The third kappa shape index (κ3) is 4.49. The zero-order valence-corrected chi connectivity index (χ0v) is 11.3. The van der Waals surface area contributed by atoms with Crippen LogP contribution in [0.1, 0.15) is 37.3 Å². The first kappa shape index (κ1) is 14.2. The Morgan fingerprint density at radius 1 is 1.47 bits per heavy atom. The summed E-state index contributed by atoms with van der Waals surface area (Å²) < 4.78 is 0. The van der Waals surface area contributed by atoms with Crippen LogP contribution in [-0.4, -0.2) is 11.8 Å².